The number of benzene rings is 4. The third kappa shape index (κ3) is 3.97. The summed E-state index contributed by atoms with van der Waals surface area (Å²) in [6.45, 7) is 0.696. The Balaban J connectivity index is 1.41. The van der Waals surface area contributed by atoms with Crippen LogP contribution in [-0.2, 0) is 11.3 Å². The van der Waals surface area contributed by atoms with Gasteiger partial charge in [0.05, 0.1) is 17.6 Å². The Hall–Kier alpha value is -5.22. The van der Waals surface area contributed by atoms with E-state index in [1.165, 1.54) is 11.9 Å². The number of rotatable bonds is 5. The Morgan fingerprint density at radius 2 is 1.67 bits per heavy atom. The van der Waals surface area contributed by atoms with Crippen molar-refractivity contribution in [3.05, 3.63) is 97.0 Å². The fraction of sp³-hybridized carbons (Fsp3) is 0.0345. The molecule has 36 heavy (non-hydrogen) atoms. The molecule has 0 saturated carbocycles. The molecule has 172 valence electrons. The number of terminal acetylenes is 1. The topological polar surface area (TPSA) is 84.7 Å². The number of nitrogens with zero attached hydrogens (tertiary/aromatic N) is 4. The summed E-state index contributed by atoms with van der Waals surface area (Å²) < 4.78 is 1.97. The van der Waals surface area contributed by atoms with Crippen molar-refractivity contribution < 1.29 is 4.79 Å². The van der Waals surface area contributed by atoms with E-state index in [1.54, 1.807) is 12.1 Å². The predicted molar refractivity (Wildman–Crippen MR) is 143 cm³/mol. The first kappa shape index (κ1) is 21.3. The van der Waals surface area contributed by atoms with Gasteiger partial charge in [0.15, 0.2) is 0 Å². The van der Waals surface area contributed by atoms with Crippen molar-refractivity contribution in [1.82, 2.24) is 19.7 Å². The van der Waals surface area contributed by atoms with Crippen LogP contribution in [0.25, 0.3) is 32.6 Å². The van der Waals surface area contributed by atoms with E-state index < -0.39 is 5.91 Å². The van der Waals surface area contributed by atoms with Gasteiger partial charge >= 0.3 is 0 Å². The van der Waals surface area contributed by atoms with Crippen LogP contribution in [0.4, 0.5) is 17.2 Å². The first-order chi connectivity index (χ1) is 17.7. The molecule has 0 radical (unpaired) electrons. The third-order valence-electron chi connectivity index (χ3n) is 6.04. The minimum absolute atomic E-state index is 0.506. The van der Waals surface area contributed by atoms with Crippen LogP contribution in [0, 0.1) is 12.3 Å². The van der Waals surface area contributed by atoms with Crippen LogP contribution in [0.1, 0.15) is 5.56 Å². The Kier molecular flexibility index (Phi) is 5.24. The molecule has 1 amide bonds. The Morgan fingerprint density at radius 3 is 2.50 bits per heavy atom. The van der Waals surface area contributed by atoms with Gasteiger partial charge in [-0.15, -0.1) is 6.42 Å². The van der Waals surface area contributed by atoms with Crippen LogP contribution in [0.15, 0.2) is 91.4 Å². The van der Waals surface area contributed by atoms with Crippen LogP contribution in [-0.4, -0.2) is 25.7 Å². The minimum atomic E-state index is -0.506. The molecule has 2 heterocycles. The second kappa shape index (κ2) is 8.85. The molecule has 2 aromatic heterocycles. The smallest absolute Gasteiger partial charge is 0.300 e. The number of hydrogen-bond acceptors (Lipinski definition) is 5. The molecule has 0 atom stereocenters. The summed E-state index contributed by atoms with van der Waals surface area (Å²) in [7, 11) is 0. The van der Waals surface area contributed by atoms with Crippen LogP contribution >= 0.6 is 0 Å². The van der Waals surface area contributed by atoms with E-state index in [9.17, 15) is 4.79 Å². The molecule has 0 saturated heterocycles. The average molecular weight is 469 g/mol. The maximum absolute atomic E-state index is 11.6. The van der Waals surface area contributed by atoms with Crippen molar-refractivity contribution >= 4 is 55.7 Å². The molecule has 7 heteroatoms. The number of nitrogens with one attached hydrogen (secondary N) is 2. The molecule has 0 aliphatic rings. The maximum Gasteiger partial charge on any atom is 0.300 e. The second-order valence-corrected chi connectivity index (χ2v) is 8.39. The molecule has 4 aromatic carbocycles. The summed E-state index contributed by atoms with van der Waals surface area (Å²) in [6.07, 6.45) is 8.75. The second-order valence-electron chi connectivity index (χ2n) is 8.39. The molecule has 0 spiro atoms. The molecule has 0 aliphatic heterocycles. The molecule has 0 aliphatic carbocycles. The van der Waals surface area contributed by atoms with Crippen molar-refractivity contribution in [2.75, 3.05) is 10.6 Å². The lowest BCUT2D eigenvalue weighted by molar-refractivity contribution is -0.111. The van der Waals surface area contributed by atoms with Crippen molar-refractivity contribution in [2.24, 2.45) is 0 Å². The molecule has 6 rings (SSSR count). The van der Waals surface area contributed by atoms with Crippen molar-refractivity contribution in [1.29, 1.82) is 0 Å². The van der Waals surface area contributed by atoms with Crippen molar-refractivity contribution in [3.8, 4) is 12.3 Å². The quantitative estimate of drug-likeness (QED) is 0.327. The lowest BCUT2D eigenvalue weighted by Crippen LogP contribution is -2.08. The number of aromatic nitrogens is 4. The van der Waals surface area contributed by atoms with Crippen LogP contribution in [0.2, 0.25) is 0 Å². The van der Waals surface area contributed by atoms with Gasteiger partial charge in [-0.3, -0.25) is 9.48 Å². The first-order valence-electron chi connectivity index (χ1n) is 11.4. The Morgan fingerprint density at radius 1 is 0.861 bits per heavy atom. The molecular formula is C29H20N6O. The van der Waals surface area contributed by atoms with Gasteiger partial charge in [0.2, 0.25) is 0 Å². The maximum atomic E-state index is 11.6. The molecule has 0 bridgehead atoms. The van der Waals surface area contributed by atoms with E-state index in [1.807, 2.05) is 47.0 Å². The van der Waals surface area contributed by atoms with E-state index in [0.717, 1.165) is 32.7 Å². The van der Waals surface area contributed by atoms with Crippen LogP contribution in [0.5, 0.6) is 0 Å². The monoisotopic (exact) mass is 468 g/mol. The standard InChI is InChI=1S/C29H20N6O/c1-2-28(36)32-20-12-13-23-25(14-20)30-18-31-29(23)33-26-15-27-24(21-10-6-7-11-22(21)26)17-35(34-27)16-19-8-4-3-5-9-19/h1,3-15,17-18H,16H2,(H,32,36)(H,30,31,33). The van der Waals surface area contributed by atoms with Crippen LogP contribution in [0.3, 0.4) is 0 Å². The highest BCUT2D eigenvalue weighted by molar-refractivity contribution is 6.13. The number of carbonyl (C=O) groups excluding carboxylic acids is 1. The van der Waals surface area contributed by atoms with Gasteiger partial charge in [-0.25, -0.2) is 9.97 Å². The van der Waals surface area contributed by atoms with E-state index in [2.05, 4.69) is 57.1 Å². The number of amides is 1. The van der Waals surface area contributed by atoms with Gasteiger partial charge in [0, 0.05) is 33.7 Å². The van der Waals surface area contributed by atoms with Gasteiger partial charge in [0.1, 0.15) is 12.1 Å². The summed E-state index contributed by atoms with van der Waals surface area (Å²) in [5.74, 6) is 2.20. The zero-order valence-electron chi connectivity index (χ0n) is 19.1. The van der Waals surface area contributed by atoms with Gasteiger partial charge in [-0.1, -0.05) is 54.6 Å². The largest absolute Gasteiger partial charge is 0.339 e. The molecule has 6 aromatic rings. The summed E-state index contributed by atoms with van der Waals surface area (Å²) in [4.78, 5) is 20.4. The number of anilines is 3. The van der Waals surface area contributed by atoms with E-state index in [-0.39, 0.29) is 0 Å². The van der Waals surface area contributed by atoms with Gasteiger partial charge < -0.3 is 10.6 Å². The number of hydrogen-bond donors (Lipinski definition) is 2. The molecule has 7 nitrogen and oxygen atoms in total. The summed E-state index contributed by atoms with van der Waals surface area (Å²) >= 11 is 0. The molecular weight excluding hydrogens is 448 g/mol. The fourth-order valence-corrected chi connectivity index (χ4v) is 4.40. The Bertz CT molecular complexity index is 1800. The first-order valence-corrected chi connectivity index (χ1v) is 11.4. The normalized spacial score (nSPS) is 11.0. The van der Waals surface area contributed by atoms with Gasteiger partial charge in [-0.2, -0.15) is 5.10 Å². The number of fused-ring (bicyclic) bond motifs is 4. The lowest BCUT2D eigenvalue weighted by atomic mass is 10.0. The molecule has 0 unspecified atom stereocenters. The summed E-state index contributed by atoms with van der Waals surface area (Å²) in [6, 6.07) is 26.0. The zero-order valence-corrected chi connectivity index (χ0v) is 19.1. The molecule has 2 N–H and O–H groups in total. The average Bonchev–Trinajstić information content (AvgIpc) is 3.31. The van der Waals surface area contributed by atoms with Gasteiger partial charge in [0.25, 0.3) is 5.91 Å². The third-order valence-corrected chi connectivity index (χ3v) is 6.04. The zero-order chi connectivity index (χ0) is 24.5. The fourth-order valence-electron chi connectivity index (χ4n) is 4.40. The SMILES string of the molecule is C#CC(=O)Nc1ccc2c(Nc3cc4nn(Cc5ccccc5)cc4c4ccccc34)ncnc2c1. The highest BCUT2D eigenvalue weighted by atomic mass is 16.1. The van der Waals surface area contributed by atoms with Crippen molar-refractivity contribution in [2.45, 2.75) is 6.54 Å². The summed E-state index contributed by atoms with van der Waals surface area (Å²) in [5.41, 5.74) is 4.24. The highest BCUT2D eigenvalue weighted by Gasteiger charge is 2.13. The van der Waals surface area contributed by atoms with Gasteiger partial charge in [-0.05, 0) is 41.1 Å². The lowest BCUT2D eigenvalue weighted by Gasteiger charge is -2.12. The van der Waals surface area contributed by atoms with Crippen LogP contribution < -0.4 is 10.6 Å². The highest BCUT2D eigenvalue weighted by Crippen LogP contribution is 2.34. The summed E-state index contributed by atoms with van der Waals surface area (Å²) in [5, 5.41) is 15.1. The minimum Gasteiger partial charge on any atom is -0.339 e. The van der Waals surface area contributed by atoms with Crippen molar-refractivity contribution in [3.63, 3.8) is 0 Å². The molecule has 0 fully saturated rings. The Labute approximate surface area is 206 Å². The predicted octanol–water partition coefficient (Wildman–Crippen LogP) is 5.50. The number of carbonyl (C=O) groups is 1. The van der Waals surface area contributed by atoms with E-state index >= 15 is 0 Å². The van der Waals surface area contributed by atoms with E-state index in [0.29, 0.717) is 23.6 Å². The van der Waals surface area contributed by atoms with E-state index in [4.69, 9.17) is 11.5 Å².